The van der Waals surface area contributed by atoms with Crippen molar-refractivity contribution >= 4 is 17.7 Å². The van der Waals surface area contributed by atoms with Crippen LogP contribution in [0.5, 0.6) is 5.75 Å². The van der Waals surface area contributed by atoms with Gasteiger partial charge < -0.3 is 25.0 Å². The SMILES string of the molecule is O=C(NCc1cccc(-c2ccc([C@@H]3O[C@H](CSc4nnnn4-c4ccc(O)cc4)C[C@H](c4ccc(CO)cc4)O3)cc2)c1)c1ccccc1. The molecule has 1 amide bonds. The van der Waals surface area contributed by atoms with Crippen molar-refractivity contribution in [2.75, 3.05) is 5.75 Å². The summed E-state index contributed by atoms with van der Waals surface area (Å²) < 4.78 is 14.7. The topological polar surface area (TPSA) is 132 Å². The Balaban J connectivity index is 1.06. The minimum atomic E-state index is -0.612. The van der Waals surface area contributed by atoms with Crippen molar-refractivity contribution in [1.29, 1.82) is 0 Å². The van der Waals surface area contributed by atoms with E-state index >= 15 is 0 Å². The van der Waals surface area contributed by atoms with Crippen molar-refractivity contribution in [2.45, 2.75) is 43.2 Å². The normalized spacial score (nSPS) is 17.3. The molecule has 1 fully saturated rings. The maximum Gasteiger partial charge on any atom is 0.251 e. The van der Waals surface area contributed by atoms with Crippen LogP contribution in [0.4, 0.5) is 0 Å². The molecule has 0 spiro atoms. The molecule has 252 valence electrons. The molecule has 1 aromatic heterocycles. The van der Waals surface area contributed by atoms with Crippen LogP contribution < -0.4 is 5.32 Å². The number of aromatic hydroxyl groups is 1. The molecule has 0 bridgehead atoms. The van der Waals surface area contributed by atoms with Crippen molar-refractivity contribution in [3.63, 3.8) is 0 Å². The highest BCUT2D eigenvalue weighted by Crippen LogP contribution is 2.40. The quantitative estimate of drug-likeness (QED) is 0.126. The second-order valence-corrected chi connectivity index (χ2v) is 12.9. The zero-order valence-corrected chi connectivity index (χ0v) is 27.8. The monoisotopic (exact) mass is 685 g/mol. The molecule has 0 radical (unpaired) electrons. The maximum atomic E-state index is 12.5. The van der Waals surface area contributed by atoms with Gasteiger partial charge in [0.25, 0.3) is 5.91 Å². The number of carbonyl (C=O) groups is 1. The number of carbonyl (C=O) groups excluding carboxylic acids is 1. The average molecular weight is 686 g/mol. The number of nitrogens with one attached hydrogen (secondary N) is 1. The number of hydrogen-bond donors (Lipinski definition) is 3. The van der Waals surface area contributed by atoms with Gasteiger partial charge in [-0.25, -0.2) is 0 Å². The summed E-state index contributed by atoms with van der Waals surface area (Å²) in [6, 6.07) is 40.0. The minimum absolute atomic E-state index is 0.0237. The van der Waals surface area contributed by atoms with Crippen LogP contribution in [0.2, 0.25) is 0 Å². The number of aliphatic hydroxyl groups is 1. The molecular weight excluding hydrogens is 651 g/mol. The summed E-state index contributed by atoms with van der Waals surface area (Å²) in [5, 5.41) is 35.1. The van der Waals surface area contributed by atoms with E-state index in [9.17, 15) is 15.0 Å². The molecule has 11 heteroatoms. The van der Waals surface area contributed by atoms with Gasteiger partial charge in [-0.3, -0.25) is 4.79 Å². The minimum Gasteiger partial charge on any atom is -0.508 e. The number of benzene rings is 5. The van der Waals surface area contributed by atoms with E-state index in [-0.39, 0.29) is 30.5 Å². The third-order valence-electron chi connectivity index (χ3n) is 8.48. The number of rotatable bonds is 11. The van der Waals surface area contributed by atoms with Gasteiger partial charge in [0, 0.05) is 29.8 Å². The fourth-order valence-electron chi connectivity index (χ4n) is 5.78. The fourth-order valence-corrected chi connectivity index (χ4v) is 6.69. The van der Waals surface area contributed by atoms with Gasteiger partial charge in [0.2, 0.25) is 5.16 Å². The van der Waals surface area contributed by atoms with Gasteiger partial charge in [0.15, 0.2) is 6.29 Å². The summed E-state index contributed by atoms with van der Waals surface area (Å²) in [6.45, 7) is 0.398. The van der Waals surface area contributed by atoms with E-state index < -0.39 is 6.29 Å². The van der Waals surface area contributed by atoms with E-state index in [0.717, 1.165) is 39.1 Å². The highest BCUT2D eigenvalue weighted by atomic mass is 32.2. The summed E-state index contributed by atoms with van der Waals surface area (Å²) in [4.78, 5) is 12.5. The number of hydrogen-bond acceptors (Lipinski definition) is 9. The summed E-state index contributed by atoms with van der Waals surface area (Å²) in [6.07, 6.45) is -0.413. The van der Waals surface area contributed by atoms with Crippen LogP contribution in [0.25, 0.3) is 16.8 Å². The second-order valence-electron chi connectivity index (χ2n) is 11.9. The lowest BCUT2D eigenvalue weighted by molar-refractivity contribution is -0.245. The Labute approximate surface area is 293 Å². The summed E-state index contributed by atoms with van der Waals surface area (Å²) >= 11 is 1.49. The Hall–Kier alpha value is -5.33. The number of phenols is 1. The standard InChI is InChI=1S/C39H35N5O5S/c45-24-26-9-11-29(12-10-26)36-22-35(25-50-39-41-42-43-44(39)33-17-19-34(46)20-18-33)48-38(49-36)31-15-13-28(14-16-31)32-8-4-5-27(21-32)23-40-37(47)30-6-2-1-3-7-30/h1-21,35-36,38,45-46H,22-25H2,(H,40,47)/t35-,36+,38+/m0/s1. The summed E-state index contributed by atoms with van der Waals surface area (Å²) in [5.41, 5.74) is 7.18. The lowest BCUT2D eigenvalue weighted by Crippen LogP contribution is -2.31. The molecule has 0 saturated carbocycles. The first-order valence-electron chi connectivity index (χ1n) is 16.3. The molecule has 3 atom stereocenters. The predicted molar refractivity (Wildman–Crippen MR) is 189 cm³/mol. The molecule has 0 aliphatic carbocycles. The summed E-state index contributed by atoms with van der Waals surface area (Å²) in [5.74, 6) is 0.639. The third-order valence-corrected chi connectivity index (χ3v) is 9.53. The van der Waals surface area contributed by atoms with E-state index in [0.29, 0.717) is 29.4 Å². The third kappa shape index (κ3) is 7.93. The maximum absolute atomic E-state index is 12.5. The molecule has 3 N–H and O–H groups in total. The number of aromatic nitrogens is 4. The zero-order valence-electron chi connectivity index (χ0n) is 27.0. The van der Waals surface area contributed by atoms with Crippen molar-refractivity contribution in [3.05, 3.63) is 155 Å². The van der Waals surface area contributed by atoms with Crippen molar-refractivity contribution in [1.82, 2.24) is 25.5 Å². The van der Waals surface area contributed by atoms with E-state index in [1.165, 1.54) is 11.8 Å². The van der Waals surface area contributed by atoms with Crippen LogP contribution in [0, 0.1) is 0 Å². The van der Waals surface area contributed by atoms with Gasteiger partial charge >= 0.3 is 0 Å². The van der Waals surface area contributed by atoms with E-state index in [1.807, 2.05) is 66.7 Å². The first-order valence-corrected chi connectivity index (χ1v) is 17.2. The predicted octanol–water partition coefficient (Wildman–Crippen LogP) is 6.79. The molecular formula is C39H35N5O5S. The largest absolute Gasteiger partial charge is 0.508 e. The van der Waals surface area contributed by atoms with Crippen molar-refractivity contribution in [2.24, 2.45) is 0 Å². The van der Waals surface area contributed by atoms with E-state index in [2.05, 4.69) is 45.1 Å². The Morgan fingerprint density at radius 1 is 0.820 bits per heavy atom. The van der Waals surface area contributed by atoms with Crippen LogP contribution in [0.15, 0.2) is 133 Å². The molecule has 10 nitrogen and oxygen atoms in total. The lowest BCUT2D eigenvalue weighted by Gasteiger charge is -2.36. The van der Waals surface area contributed by atoms with E-state index in [4.69, 9.17) is 9.47 Å². The van der Waals surface area contributed by atoms with Gasteiger partial charge in [-0.1, -0.05) is 96.7 Å². The first kappa shape index (κ1) is 33.2. The molecule has 1 aliphatic rings. The first-order chi connectivity index (χ1) is 24.5. The highest BCUT2D eigenvalue weighted by Gasteiger charge is 2.32. The smallest absolute Gasteiger partial charge is 0.251 e. The zero-order chi connectivity index (χ0) is 34.3. The number of thioether (sulfide) groups is 1. The number of tetrazole rings is 1. The average Bonchev–Trinajstić information content (AvgIpc) is 3.65. The van der Waals surface area contributed by atoms with Crippen LogP contribution in [-0.4, -0.2) is 48.2 Å². The van der Waals surface area contributed by atoms with Crippen LogP contribution in [0.1, 0.15) is 51.4 Å². The number of nitrogens with zero attached hydrogens (tertiary/aromatic N) is 4. The highest BCUT2D eigenvalue weighted by molar-refractivity contribution is 7.99. The lowest BCUT2D eigenvalue weighted by atomic mass is 9.99. The van der Waals surface area contributed by atoms with Gasteiger partial charge in [0.05, 0.1) is 24.5 Å². The Morgan fingerprint density at radius 2 is 1.58 bits per heavy atom. The van der Waals surface area contributed by atoms with Crippen LogP contribution in [0.3, 0.4) is 0 Å². The second kappa shape index (κ2) is 15.5. The van der Waals surface area contributed by atoms with Crippen LogP contribution >= 0.6 is 11.8 Å². The number of ether oxygens (including phenoxy) is 2. The number of amides is 1. The van der Waals surface area contributed by atoms with Crippen molar-refractivity contribution in [3.8, 4) is 22.6 Å². The molecule has 1 saturated heterocycles. The molecule has 7 rings (SSSR count). The summed E-state index contributed by atoms with van der Waals surface area (Å²) in [7, 11) is 0. The van der Waals surface area contributed by atoms with Crippen molar-refractivity contribution < 1.29 is 24.5 Å². The van der Waals surface area contributed by atoms with Gasteiger partial charge in [-0.05, 0) is 80.7 Å². The Morgan fingerprint density at radius 3 is 2.34 bits per heavy atom. The number of aliphatic hydroxyl groups excluding tert-OH is 1. The Kier molecular flexibility index (Phi) is 10.3. The molecule has 5 aromatic carbocycles. The number of phenolic OH excluding ortho intramolecular Hbond substituents is 1. The van der Waals surface area contributed by atoms with Gasteiger partial charge in [-0.15, -0.1) is 5.10 Å². The Bertz CT molecular complexity index is 2020. The van der Waals surface area contributed by atoms with Crippen LogP contribution in [-0.2, 0) is 22.6 Å². The fraction of sp³-hybridized carbons (Fsp3) is 0.179. The van der Waals surface area contributed by atoms with Gasteiger partial charge in [0.1, 0.15) is 5.75 Å². The molecule has 1 aliphatic heterocycles. The molecule has 0 unspecified atom stereocenters. The van der Waals surface area contributed by atoms with Gasteiger partial charge in [-0.2, -0.15) is 4.68 Å². The molecule has 6 aromatic rings. The van der Waals surface area contributed by atoms with E-state index in [1.54, 1.807) is 41.1 Å². The molecule has 50 heavy (non-hydrogen) atoms. The molecule has 2 heterocycles.